The van der Waals surface area contributed by atoms with Gasteiger partial charge in [0.2, 0.25) is 11.1 Å². The first-order chi connectivity index (χ1) is 13.7. The van der Waals surface area contributed by atoms with Gasteiger partial charge in [0.1, 0.15) is 0 Å². The van der Waals surface area contributed by atoms with Gasteiger partial charge in [-0.3, -0.25) is 9.47 Å². The fourth-order valence-electron chi connectivity index (χ4n) is 3.68. The van der Waals surface area contributed by atoms with E-state index in [4.69, 9.17) is 0 Å². The highest BCUT2D eigenvalue weighted by molar-refractivity contribution is 7.99. The zero-order valence-electron chi connectivity index (χ0n) is 16.1. The molecule has 1 saturated carbocycles. The van der Waals surface area contributed by atoms with E-state index in [-0.39, 0.29) is 5.91 Å². The standard InChI is InChI=1S/C21H25N5OS/c1-24(18-12-6-3-7-13-18)19(27)16-28-21-23-22-20(17-10-4-2-5-11-17)26(21)25-14-8-9-15-25/h3,6-9,12-15,17H,2,4-5,10-11,16H2,1H3. The fourth-order valence-corrected chi connectivity index (χ4v) is 4.53. The summed E-state index contributed by atoms with van der Waals surface area (Å²) in [6.45, 7) is 0. The second-order valence-corrected chi connectivity index (χ2v) is 8.07. The van der Waals surface area contributed by atoms with Gasteiger partial charge in [-0.1, -0.05) is 49.2 Å². The molecule has 0 spiro atoms. The van der Waals surface area contributed by atoms with Crippen molar-refractivity contribution in [3.8, 4) is 0 Å². The Morgan fingerprint density at radius 3 is 2.50 bits per heavy atom. The average Bonchev–Trinajstić information content (AvgIpc) is 3.42. The third-order valence-electron chi connectivity index (χ3n) is 5.27. The molecule has 1 aliphatic rings. The third kappa shape index (κ3) is 3.99. The lowest BCUT2D eigenvalue weighted by atomic mass is 9.89. The number of benzene rings is 1. The van der Waals surface area contributed by atoms with E-state index in [2.05, 4.69) is 14.9 Å². The van der Waals surface area contributed by atoms with Crippen LogP contribution in [-0.2, 0) is 4.79 Å². The number of hydrogen-bond donors (Lipinski definition) is 0. The summed E-state index contributed by atoms with van der Waals surface area (Å²) >= 11 is 1.44. The van der Waals surface area contributed by atoms with Crippen molar-refractivity contribution in [2.75, 3.05) is 17.7 Å². The van der Waals surface area contributed by atoms with Gasteiger partial charge in [0, 0.05) is 31.0 Å². The first-order valence-corrected chi connectivity index (χ1v) is 10.8. The van der Waals surface area contributed by atoms with Gasteiger partial charge in [-0.15, -0.1) is 10.2 Å². The maximum absolute atomic E-state index is 12.7. The van der Waals surface area contributed by atoms with E-state index in [0.29, 0.717) is 11.7 Å². The predicted molar refractivity (Wildman–Crippen MR) is 112 cm³/mol. The van der Waals surface area contributed by atoms with Gasteiger partial charge in [-0.05, 0) is 37.1 Å². The molecule has 1 fully saturated rings. The van der Waals surface area contributed by atoms with Gasteiger partial charge < -0.3 is 4.90 Å². The molecule has 6 nitrogen and oxygen atoms in total. The summed E-state index contributed by atoms with van der Waals surface area (Å²) < 4.78 is 4.08. The monoisotopic (exact) mass is 395 g/mol. The summed E-state index contributed by atoms with van der Waals surface area (Å²) in [6, 6.07) is 13.7. The van der Waals surface area contributed by atoms with E-state index >= 15 is 0 Å². The maximum atomic E-state index is 12.7. The number of carbonyl (C=O) groups is 1. The zero-order valence-corrected chi connectivity index (χ0v) is 16.9. The number of rotatable bonds is 6. The normalized spacial score (nSPS) is 14.9. The minimum atomic E-state index is 0.0393. The quantitative estimate of drug-likeness (QED) is 0.587. The van der Waals surface area contributed by atoms with Gasteiger partial charge in [0.15, 0.2) is 5.82 Å². The van der Waals surface area contributed by atoms with Crippen LogP contribution in [0.4, 0.5) is 5.69 Å². The van der Waals surface area contributed by atoms with Crippen molar-refractivity contribution in [2.24, 2.45) is 0 Å². The first kappa shape index (κ1) is 18.8. The summed E-state index contributed by atoms with van der Waals surface area (Å²) in [5.41, 5.74) is 0.892. The van der Waals surface area contributed by atoms with E-state index < -0.39 is 0 Å². The van der Waals surface area contributed by atoms with Crippen molar-refractivity contribution in [2.45, 2.75) is 43.2 Å². The minimum absolute atomic E-state index is 0.0393. The number of amides is 1. The molecule has 0 radical (unpaired) electrons. The van der Waals surface area contributed by atoms with Crippen molar-refractivity contribution in [1.82, 2.24) is 19.5 Å². The van der Waals surface area contributed by atoms with E-state index in [0.717, 1.165) is 29.5 Å². The summed E-state index contributed by atoms with van der Waals surface area (Å²) in [6.07, 6.45) is 10.1. The first-order valence-electron chi connectivity index (χ1n) is 9.77. The highest BCUT2D eigenvalue weighted by Crippen LogP contribution is 2.33. The molecule has 1 aromatic carbocycles. The Labute approximate surface area is 169 Å². The molecule has 0 N–H and O–H groups in total. The molecule has 2 heterocycles. The van der Waals surface area contributed by atoms with E-state index in [1.807, 2.05) is 66.6 Å². The molecule has 0 saturated heterocycles. The van der Waals surface area contributed by atoms with E-state index in [1.54, 1.807) is 4.90 Å². The molecule has 4 rings (SSSR count). The molecule has 1 amide bonds. The van der Waals surface area contributed by atoms with Crippen LogP contribution in [-0.4, -0.2) is 38.3 Å². The summed E-state index contributed by atoms with van der Waals surface area (Å²) in [7, 11) is 1.81. The molecule has 0 aliphatic heterocycles. The topological polar surface area (TPSA) is 56.0 Å². The number of aromatic nitrogens is 4. The van der Waals surface area contributed by atoms with Gasteiger partial charge in [-0.2, -0.15) is 0 Å². The predicted octanol–water partition coefficient (Wildman–Crippen LogP) is 4.19. The summed E-state index contributed by atoms with van der Waals surface area (Å²) in [5, 5.41) is 9.71. The third-order valence-corrected chi connectivity index (χ3v) is 6.17. The van der Waals surface area contributed by atoms with Crippen LogP contribution in [0.3, 0.4) is 0 Å². The molecule has 0 bridgehead atoms. The van der Waals surface area contributed by atoms with E-state index in [1.165, 1.54) is 31.0 Å². The van der Waals surface area contributed by atoms with Crippen LogP contribution in [0, 0.1) is 0 Å². The van der Waals surface area contributed by atoms with Gasteiger partial charge in [0.25, 0.3) is 0 Å². The number of thioether (sulfide) groups is 1. The van der Waals surface area contributed by atoms with Crippen LogP contribution in [0.15, 0.2) is 60.0 Å². The number of anilines is 1. The van der Waals surface area contributed by atoms with Gasteiger partial charge in [-0.25, -0.2) is 4.68 Å². The smallest absolute Gasteiger partial charge is 0.237 e. The van der Waals surface area contributed by atoms with Crippen LogP contribution in [0.25, 0.3) is 0 Å². The lowest BCUT2D eigenvalue weighted by molar-refractivity contribution is -0.115. The molecule has 0 atom stereocenters. The van der Waals surface area contributed by atoms with Crippen molar-refractivity contribution >= 4 is 23.4 Å². The van der Waals surface area contributed by atoms with Crippen molar-refractivity contribution in [3.63, 3.8) is 0 Å². The molecular formula is C21H25N5OS. The minimum Gasteiger partial charge on any atom is -0.315 e. The number of hydrogen-bond acceptors (Lipinski definition) is 4. The summed E-state index contributed by atoms with van der Waals surface area (Å²) in [4.78, 5) is 14.3. The van der Waals surface area contributed by atoms with Crippen LogP contribution in [0.5, 0.6) is 0 Å². The molecule has 2 aromatic heterocycles. The largest absolute Gasteiger partial charge is 0.315 e. The Morgan fingerprint density at radius 2 is 1.79 bits per heavy atom. The Balaban J connectivity index is 1.53. The molecule has 1 aliphatic carbocycles. The van der Waals surface area contributed by atoms with Crippen LogP contribution >= 0.6 is 11.8 Å². The number of nitrogens with zero attached hydrogens (tertiary/aromatic N) is 5. The van der Waals surface area contributed by atoms with Crippen LogP contribution < -0.4 is 4.90 Å². The molecule has 3 aromatic rings. The molecule has 146 valence electrons. The maximum Gasteiger partial charge on any atom is 0.237 e. The van der Waals surface area contributed by atoms with Crippen molar-refractivity contribution in [1.29, 1.82) is 0 Å². The lowest BCUT2D eigenvalue weighted by Gasteiger charge is -2.22. The van der Waals surface area contributed by atoms with Crippen molar-refractivity contribution in [3.05, 3.63) is 60.7 Å². The Kier molecular flexibility index (Phi) is 5.81. The van der Waals surface area contributed by atoms with Gasteiger partial charge in [0.05, 0.1) is 5.75 Å². The highest BCUT2D eigenvalue weighted by Gasteiger charge is 2.25. The highest BCUT2D eigenvalue weighted by atomic mass is 32.2. The average molecular weight is 396 g/mol. The van der Waals surface area contributed by atoms with Crippen LogP contribution in [0.2, 0.25) is 0 Å². The molecular weight excluding hydrogens is 370 g/mol. The molecule has 7 heteroatoms. The SMILES string of the molecule is CN(C(=O)CSc1nnc(C2CCCCC2)n1-n1cccc1)c1ccccc1. The van der Waals surface area contributed by atoms with E-state index in [9.17, 15) is 4.79 Å². The Hall–Kier alpha value is -2.54. The Bertz CT molecular complexity index is 900. The zero-order chi connectivity index (χ0) is 19.3. The Morgan fingerprint density at radius 1 is 1.07 bits per heavy atom. The number of para-hydroxylation sites is 1. The van der Waals surface area contributed by atoms with Crippen LogP contribution in [0.1, 0.15) is 43.8 Å². The molecule has 0 unspecified atom stereocenters. The summed E-state index contributed by atoms with van der Waals surface area (Å²) in [5.74, 6) is 1.79. The second-order valence-electron chi connectivity index (χ2n) is 7.13. The fraction of sp³-hybridized carbons (Fsp3) is 0.381. The van der Waals surface area contributed by atoms with Gasteiger partial charge >= 0.3 is 0 Å². The lowest BCUT2D eigenvalue weighted by Crippen LogP contribution is -2.28. The second kappa shape index (κ2) is 8.65. The van der Waals surface area contributed by atoms with Crippen molar-refractivity contribution < 1.29 is 4.79 Å². The number of carbonyl (C=O) groups excluding carboxylic acids is 1. The molecule has 28 heavy (non-hydrogen) atoms.